The summed E-state index contributed by atoms with van der Waals surface area (Å²) in [5.41, 5.74) is -0.0491. The number of amides is 2. The van der Waals surface area contributed by atoms with Crippen LogP contribution < -0.4 is 10.1 Å². The lowest BCUT2D eigenvalue weighted by Gasteiger charge is -2.39. The van der Waals surface area contributed by atoms with Gasteiger partial charge in [-0.25, -0.2) is 14.8 Å². The Morgan fingerprint density at radius 1 is 1.19 bits per heavy atom. The molecule has 11 heteroatoms. The van der Waals surface area contributed by atoms with Crippen LogP contribution >= 0.6 is 0 Å². The van der Waals surface area contributed by atoms with Crippen molar-refractivity contribution in [3.8, 4) is 11.6 Å². The Kier molecular flexibility index (Phi) is 5.66. The molecule has 31 heavy (non-hydrogen) atoms. The van der Waals surface area contributed by atoms with Gasteiger partial charge in [-0.15, -0.1) is 0 Å². The Morgan fingerprint density at radius 2 is 1.94 bits per heavy atom. The average Bonchev–Trinajstić information content (AvgIpc) is 3.11. The Bertz CT molecular complexity index is 944. The number of cyclic esters (lactones) is 1. The van der Waals surface area contributed by atoms with Gasteiger partial charge in [-0.1, -0.05) is 12.1 Å². The Balaban J connectivity index is 1.24. The van der Waals surface area contributed by atoms with Gasteiger partial charge >= 0.3 is 12.3 Å². The second-order valence-corrected chi connectivity index (χ2v) is 7.38. The Labute approximate surface area is 175 Å². The zero-order valence-electron chi connectivity index (χ0n) is 16.3. The third-order valence-corrected chi connectivity index (χ3v) is 5.17. The van der Waals surface area contributed by atoms with E-state index in [9.17, 15) is 22.8 Å². The van der Waals surface area contributed by atoms with Crippen molar-refractivity contribution < 1.29 is 32.2 Å². The molecule has 2 aromatic rings. The maximum Gasteiger partial charge on any atom is 0.434 e. The zero-order chi connectivity index (χ0) is 22.0. The van der Waals surface area contributed by atoms with Crippen LogP contribution in [0.1, 0.15) is 30.0 Å². The number of likely N-dealkylation sites (tertiary alicyclic amines) is 1. The summed E-state index contributed by atoms with van der Waals surface area (Å²) in [5.74, 6) is 0.632. The molecule has 2 aliphatic heterocycles. The van der Waals surface area contributed by atoms with Crippen LogP contribution in [0.3, 0.4) is 0 Å². The molecule has 1 aromatic carbocycles. The van der Waals surface area contributed by atoms with Crippen molar-refractivity contribution in [1.29, 1.82) is 0 Å². The summed E-state index contributed by atoms with van der Waals surface area (Å²) in [6, 6.07) is 6.98. The number of benzene rings is 1. The third kappa shape index (κ3) is 5.04. The average molecular weight is 436 g/mol. The first-order valence-corrected chi connectivity index (χ1v) is 9.66. The van der Waals surface area contributed by atoms with Gasteiger partial charge in [0.15, 0.2) is 5.69 Å². The summed E-state index contributed by atoms with van der Waals surface area (Å²) in [5, 5.41) is 2.65. The fourth-order valence-electron chi connectivity index (χ4n) is 3.37. The smallest absolute Gasteiger partial charge is 0.434 e. The van der Waals surface area contributed by atoms with Gasteiger partial charge in [0, 0.05) is 25.4 Å². The number of carbonyl (C=O) groups excluding carboxylic acids is 2. The molecule has 0 aliphatic carbocycles. The molecule has 2 aliphatic rings. The van der Waals surface area contributed by atoms with Crippen molar-refractivity contribution in [1.82, 2.24) is 20.2 Å². The molecule has 164 valence electrons. The monoisotopic (exact) mass is 436 g/mol. The van der Waals surface area contributed by atoms with Gasteiger partial charge in [-0.05, 0) is 24.1 Å². The van der Waals surface area contributed by atoms with Crippen LogP contribution in [0.15, 0.2) is 36.7 Å². The SMILES string of the molecule is O=C1N[C@H](CCC(=O)N2CC(c3ccc(Oc4cnc(C(F)(F)F)cn4)cc3)C2)CO1. The Morgan fingerprint density at radius 3 is 2.52 bits per heavy atom. The first-order valence-electron chi connectivity index (χ1n) is 9.66. The van der Waals surface area contributed by atoms with Crippen molar-refractivity contribution in [3.63, 3.8) is 0 Å². The number of hydrogen-bond acceptors (Lipinski definition) is 6. The van der Waals surface area contributed by atoms with E-state index in [1.165, 1.54) is 0 Å². The van der Waals surface area contributed by atoms with E-state index in [0.29, 0.717) is 44.5 Å². The second kappa shape index (κ2) is 8.40. The van der Waals surface area contributed by atoms with E-state index in [-0.39, 0.29) is 23.7 Å². The summed E-state index contributed by atoms with van der Waals surface area (Å²) in [6.45, 7) is 1.51. The summed E-state index contributed by atoms with van der Waals surface area (Å²) < 4.78 is 47.8. The van der Waals surface area contributed by atoms with Gasteiger partial charge in [0.1, 0.15) is 12.4 Å². The standard InChI is InChI=1S/C20H19F3N4O4/c21-20(22,23)16-7-25-17(8-24-16)31-15-4-1-12(2-5-15)13-9-27(10-13)18(28)6-3-14-11-30-19(29)26-14/h1-2,4-5,7-8,13-14H,3,6,9-11H2,(H,26,29)/t14-/m1/s1. The molecular weight excluding hydrogens is 417 g/mol. The molecule has 4 rings (SSSR count). The van der Waals surface area contributed by atoms with E-state index in [2.05, 4.69) is 15.3 Å². The highest BCUT2D eigenvalue weighted by Crippen LogP contribution is 2.31. The molecule has 1 atom stereocenters. The van der Waals surface area contributed by atoms with Crippen LogP contribution in [0, 0.1) is 0 Å². The van der Waals surface area contributed by atoms with Gasteiger partial charge in [0.05, 0.1) is 18.4 Å². The van der Waals surface area contributed by atoms with Crippen LogP contribution in [0.25, 0.3) is 0 Å². The number of aromatic nitrogens is 2. The van der Waals surface area contributed by atoms with Crippen molar-refractivity contribution in [2.75, 3.05) is 19.7 Å². The zero-order valence-corrected chi connectivity index (χ0v) is 16.3. The van der Waals surface area contributed by atoms with Crippen LogP contribution in [0.4, 0.5) is 18.0 Å². The molecule has 1 aromatic heterocycles. The molecule has 1 N–H and O–H groups in total. The highest BCUT2D eigenvalue weighted by atomic mass is 19.4. The number of nitrogens with zero attached hydrogens (tertiary/aromatic N) is 3. The van der Waals surface area contributed by atoms with Gasteiger partial charge in [0.25, 0.3) is 0 Å². The first kappa shape index (κ1) is 20.9. The fraction of sp³-hybridized carbons (Fsp3) is 0.400. The summed E-state index contributed by atoms with van der Waals surface area (Å²) in [7, 11) is 0. The highest BCUT2D eigenvalue weighted by molar-refractivity contribution is 5.77. The third-order valence-electron chi connectivity index (χ3n) is 5.17. The number of nitrogens with one attached hydrogen (secondary N) is 1. The van der Waals surface area contributed by atoms with Gasteiger partial charge in [-0.2, -0.15) is 13.2 Å². The minimum Gasteiger partial charge on any atom is -0.447 e. The highest BCUT2D eigenvalue weighted by Gasteiger charge is 2.33. The lowest BCUT2D eigenvalue weighted by molar-refractivity contribution is -0.141. The van der Waals surface area contributed by atoms with E-state index < -0.39 is 18.0 Å². The molecule has 3 heterocycles. The topological polar surface area (TPSA) is 93.7 Å². The van der Waals surface area contributed by atoms with E-state index in [4.69, 9.17) is 9.47 Å². The van der Waals surface area contributed by atoms with Crippen molar-refractivity contribution in [2.45, 2.75) is 31.0 Å². The minimum absolute atomic E-state index is 0.0370. The molecule has 0 spiro atoms. The number of alkyl halides is 3. The molecule has 8 nitrogen and oxygen atoms in total. The molecule has 2 fully saturated rings. The van der Waals surface area contributed by atoms with Crippen molar-refractivity contribution in [2.24, 2.45) is 0 Å². The van der Waals surface area contributed by atoms with Crippen LogP contribution in [-0.4, -0.2) is 52.6 Å². The number of alkyl carbamates (subject to hydrolysis) is 1. The van der Waals surface area contributed by atoms with Crippen molar-refractivity contribution >= 4 is 12.0 Å². The summed E-state index contributed by atoms with van der Waals surface area (Å²) >= 11 is 0. The van der Waals surface area contributed by atoms with E-state index in [0.717, 1.165) is 11.8 Å². The number of ether oxygens (including phenoxy) is 2. The van der Waals surface area contributed by atoms with Gasteiger partial charge in [-0.3, -0.25) is 4.79 Å². The summed E-state index contributed by atoms with van der Waals surface area (Å²) in [6.07, 6.45) is -2.55. The van der Waals surface area contributed by atoms with Crippen LogP contribution in [0.5, 0.6) is 11.6 Å². The van der Waals surface area contributed by atoms with Gasteiger partial charge in [0.2, 0.25) is 11.8 Å². The number of carbonyl (C=O) groups is 2. The largest absolute Gasteiger partial charge is 0.447 e. The van der Waals surface area contributed by atoms with Crippen molar-refractivity contribution in [3.05, 3.63) is 47.9 Å². The molecule has 0 saturated carbocycles. The predicted octanol–water partition coefficient (Wildman–Crippen LogP) is 3.10. The fourth-order valence-corrected chi connectivity index (χ4v) is 3.37. The lowest BCUT2D eigenvalue weighted by Crippen LogP contribution is -2.48. The quantitative estimate of drug-likeness (QED) is 0.748. The van der Waals surface area contributed by atoms with Crippen LogP contribution in [0.2, 0.25) is 0 Å². The number of halogens is 3. The van der Waals surface area contributed by atoms with Gasteiger partial charge < -0.3 is 19.7 Å². The lowest BCUT2D eigenvalue weighted by atomic mass is 9.91. The van der Waals surface area contributed by atoms with E-state index >= 15 is 0 Å². The maximum absolute atomic E-state index is 12.5. The van der Waals surface area contributed by atoms with E-state index in [1.807, 2.05) is 12.1 Å². The normalized spacial score (nSPS) is 18.9. The second-order valence-electron chi connectivity index (χ2n) is 7.38. The first-order chi connectivity index (χ1) is 14.8. The molecule has 0 radical (unpaired) electrons. The minimum atomic E-state index is -4.55. The molecule has 0 unspecified atom stereocenters. The molecular formula is C20H19F3N4O4. The number of rotatable bonds is 6. The molecule has 2 amide bonds. The summed E-state index contributed by atoms with van der Waals surface area (Å²) in [4.78, 5) is 31.9. The van der Waals surface area contributed by atoms with Crippen LogP contribution in [-0.2, 0) is 15.7 Å². The Hall–Kier alpha value is -3.37. The van der Waals surface area contributed by atoms with E-state index in [1.54, 1.807) is 17.0 Å². The number of hydrogen-bond donors (Lipinski definition) is 1. The molecule has 2 saturated heterocycles. The maximum atomic E-state index is 12.5. The predicted molar refractivity (Wildman–Crippen MR) is 100 cm³/mol. The molecule has 0 bridgehead atoms.